The molecule has 10 nitrogen and oxygen atoms in total. The van der Waals surface area contributed by atoms with Crippen molar-refractivity contribution in [2.75, 3.05) is 13.2 Å². The smallest absolute Gasteiger partial charge is 0.338 e. The number of amides is 4. The highest BCUT2D eigenvalue weighted by atomic mass is 35.5. The molecule has 2 aromatic carbocycles. The van der Waals surface area contributed by atoms with Gasteiger partial charge in [-0.25, -0.2) is 19.2 Å². The highest BCUT2D eigenvalue weighted by molar-refractivity contribution is 6.30. The van der Waals surface area contributed by atoms with Crippen LogP contribution in [0.2, 0.25) is 10.0 Å². The Morgan fingerprint density at radius 1 is 0.675 bits per heavy atom. The summed E-state index contributed by atoms with van der Waals surface area (Å²) in [5.41, 5.74) is 3.32. The number of nitrogens with one attached hydrogen (secondary N) is 4. The van der Waals surface area contributed by atoms with E-state index in [2.05, 4.69) is 21.3 Å². The van der Waals surface area contributed by atoms with Crippen molar-refractivity contribution < 1.29 is 28.7 Å². The van der Waals surface area contributed by atoms with Crippen LogP contribution in [0.1, 0.15) is 50.9 Å². The fraction of sp³-hybridized carbons (Fsp3) is 0.286. The molecule has 2 aliphatic rings. The maximum atomic E-state index is 12.1. The second-order valence-corrected chi connectivity index (χ2v) is 9.56. The minimum atomic E-state index is -0.542. The van der Waals surface area contributed by atoms with Crippen LogP contribution in [-0.4, -0.2) is 37.2 Å². The molecule has 2 aliphatic heterocycles. The van der Waals surface area contributed by atoms with E-state index in [0.29, 0.717) is 32.6 Å². The molecule has 0 saturated carbocycles. The SMILES string of the molecule is CCOC(=O)C1=C(C)NC(=O)N[C@@H]1c1ccc(Cl)cc1.CCOC(=O)C1=C(C)NC(=O)N[C@@H]1c1ccc(Cl)cc1. The molecule has 40 heavy (non-hydrogen) atoms. The van der Waals surface area contributed by atoms with Gasteiger partial charge in [0.15, 0.2) is 0 Å². The Hall–Kier alpha value is -4.02. The molecule has 2 aromatic rings. The Morgan fingerprint density at radius 2 is 1.00 bits per heavy atom. The van der Waals surface area contributed by atoms with Crippen LogP contribution in [0.4, 0.5) is 9.59 Å². The summed E-state index contributed by atoms with van der Waals surface area (Å²) >= 11 is 11.7. The van der Waals surface area contributed by atoms with Gasteiger partial charge < -0.3 is 30.7 Å². The quantitative estimate of drug-likeness (QED) is 0.348. The van der Waals surface area contributed by atoms with Crippen molar-refractivity contribution in [3.8, 4) is 0 Å². The van der Waals surface area contributed by atoms with Gasteiger partial charge in [0, 0.05) is 21.4 Å². The summed E-state index contributed by atoms with van der Waals surface area (Å²) < 4.78 is 10.1. The number of benzene rings is 2. The number of halogens is 2. The van der Waals surface area contributed by atoms with Gasteiger partial charge in [-0.05, 0) is 63.1 Å². The molecular weight excluding hydrogens is 559 g/mol. The molecule has 2 heterocycles. The van der Waals surface area contributed by atoms with Crippen molar-refractivity contribution in [3.05, 3.63) is 92.2 Å². The Morgan fingerprint density at radius 3 is 1.30 bits per heavy atom. The van der Waals surface area contributed by atoms with Crippen LogP contribution in [0.3, 0.4) is 0 Å². The number of hydrogen-bond donors (Lipinski definition) is 4. The molecule has 0 spiro atoms. The van der Waals surface area contributed by atoms with Crippen molar-refractivity contribution in [3.63, 3.8) is 0 Å². The zero-order valence-corrected chi connectivity index (χ0v) is 23.9. The second-order valence-electron chi connectivity index (χ2n) is 8.68. The fourth-order valence-electron chi connectivity index (χ4n) is 4.16. The van der Waals surface area contributed by atoms with Gasteiger partial charge in [-0.1, -0.05) is 47.5 Å². The van der Waals surface area contributed by atoms with Gasteiger partial charge in [-0.2, -0.15) is 0 Å². The van der Waals surface area contributed by atoms with Crippen molar-refractivity contribution in [1.29, 1.82) is 0 Å². The third kappa shape index (κ3) is 7.55. The first-order valence-electron chi connectivity index (χ1n) is 12.5. The largest absolute Gasteiger partial charge is 0.463 e. The molecule has 0 bridgehead atoms. The number of rotatable bonds is 6. The molecule has 4 rings (SSSR count). The standard InChI is InChI=1S/2C14H15ClN2O3/c2*1-3-20-13(18)11-8(2)16-14(19)17-12(11)9-4-6-10(15)7-5-9/h2*4-7,12H,3H2,1-2H3,(H2,16,17,19)/t2*12-/m11/s1. The molecular formula is C28H30Cl2N4O6. The molecule has 12 heteroatoms. The summed E-state index contributed by atoms with van der Waals surface area (Å²) in [5, 5.41) is 11.8. The lowest BCUT2D eigenvalue weighted by Gasteiger charge is -2.28. The van der Waals surface area contributed by atoms with E-state index in [-0.39, 0.29) is 25.3 Å². The van der Waals surface area contributed by atoms with Gasteiger partial charge in [-0.3, -0.25) is 0 Å². The second kappa shape index (κ2) is 13.9. The molecule has 212 valence electrons. The fourth-order valence-corrected chi connectivity index (χ4v) is 4.41. The van der Waals surface area contributed by atoms with Crippen LogP contribution in [0.5, 0.6) is 0 Å². The Balaban J connectivity index is 0.000000220. The molecule has 0 saturated heterocycles. The molecule has 0 radical (unpaired) electrons. The molecule has 0 unspecified atom stereocenters. The van der Waals surface area contributed by atoms with Crippen molar-refractivity contribution in [1.82, 2.24) is 21.3 Å². The number of carbonyl (C=O) groups is 4. The average molecular weight is 589 g/mol. The van der Waals surface area contributed by atoms with E-state index in [1.807, 2.05) is 0 Å². The number of urea groups is 2. The van der Waals surface area contributed by atoms with Crippen molar-refractivity contribution >= 4 is 47.2 Å². The van der Waals surface area contributed by atoms with Gasteiger partial charge in [0.05, 0.1) is 36.4 Å². The van der Waals surface area contributed by atoms with Crippen LogP contribution in [-0.2, 0) is 19.1 Å². The minimum Gasteiger partial charge on any atom is -0.463 e. The van der Waals surface area contributed by atoms with Gasteiger partial charge in [0.2, 0.25) is 0 Å². The van der Waals surface area contributed by atoms with Crippen LogP contribution >= 0.6 is 23.2 Å². The summed E-state index contributed by atoms with van der Waals surface area (Å²) in [6.45, 7) is 7.37. The summed E-state index contributed by atoms with van der Waals surface area (Å²) in [7, 11) is 0. The van der Waals surface area contributed by atoms with E-state index in [9.17, 15) is 19.2 Å². The monoisotopic (exact) mass is 588 g/mol. The zero-order valence-electron chi connectivity index (χ0n) is 22.4. The molecule has 0 fully saturated rings. The first-order valence-corrected chi connectivity index (χ1v) is 13.2. The molecule has 4 N–H and O–H groups in total. The number of carbonyl (C=O) groups excluding carboxylic acids is 4. The number of allylic oxidation sites excluding steroid dienone is 2. The zero-order chi connectivity index (χ0) is 29.4. The highest BCUT2D eigenvalue weighted by Gasteiger charge is 2.33. The van der Waals surface area contributed by atoms with Crippen LogP contribution in [0.15, 0.2) is 71.1 Å². The number of ether oxygens (including phenoxy) is 2. The third-order valence-electron chi connectivity index (χ3n) is 5.94. The topological polar surface area (TPSA) is 135 Å². The lowest BCUT2D eigenvalue weighted by Crippen LogP contribution is -2.45. The first-order chi connectivity index (χ1) is 19.0. The van der Waals surface area contributed by atoms with E-state index in [4.69, 9.17) is 32.7 Å². The summed E-state index contributed by atoms with van der Waals surface area (Å²) in [5.74, 6) is -0.894. The summed E-state index contributed by atoms with van der Waals surface area (Å²) in [6.07, 6.45) is 0. The van der Waals surface area contributed by atoms with Crippen molar-refractivity contribution in [2.24, 2.45) is 0 Å². The Kier molecular flexibility index (Phi) is 10.6. The Labute approximate surface area is 242 Å². The lowest BCUT2D eigenvalue weighted by atomic mass is 9.96. The first kappa shape index (κ1) is 30.5. The third-order valence-corrected chi connectivity index (χ3v) is 6.44. The highest BCUT2D eigenvalue weighted by Crippen LogP contribution is 2.29. The van der Waals surface area contributed by atoms with Gasteiger partial charge in [0.25, 0.3) is 0 Å². The summed E-state index contributed by atoms with van der Waals surface area (Å²) in [6, 6.07) is 12.1. The number of esters is 2. The molecule has 2 atom stereocenters. The van der Waals surface area contributed by atoms with E-state index >= 15 is 0 Å². The molecule has 4 amide bonds. The maximum absolute atomic E-state index is 12.1. The lowest BCUT2D eigenvalue weighted by molar-refractivity contribution is -0.140. The van der Waals surface area contributed by atoms with Crippen LogP contribution in [0.25, 0.3) is 0 Å². The van der Waals surface area contributed by atoms with Gasteiger partial charge in [-0.15, -0.1) is 0 Å². The molecule has 0 aromatic heterocycles. The van der Waals surface area contributed by atoms with Gasteiger partial charge >= 0.3 is 24.0 Å². The van der Waals surface area contributed by atoms with Crippen LogP contribution < -0.4 is 21.3 Å². The predicted molar refractivity (Wildman–Crippen MR) is 150 cm³/mol. The summed E-state index contributed by atoms with van der Waals surface area (Å²) in [4.78, 5) is 47.4. The predicted octanol–water partition coefficient (Wildman–Crippen LogP) is 5.06. The normalized spacial score (nSPS) is 18.4. The van der Waals surface area contributed by atoms with Crippen LogP contribution in [0, 0.1) is 0 Å². The van der Waals surface area contributed by atoms with Crippen molar-refractivity contribution in [2.45, 2.75) is 39.8 Å². The van der Waals surface area contributed by atoms with E-state index in [1.165, 1.54) is 0 Å². The van der Waals surface area contributed by atoms with E-state index < -0.39 is 24.0 Å². The Bertz CT molecular complexity index is 1240. The van der Waals surface area contributed by atoms with E-state index in [1.54, 1.807) is 76.2 Å². The number of hydrogen-bond acceptors (Lipinski definition) is 6. The maximum Gasteiger partial charge on any atom is 0.338 e. The average Bonchev–Trinajstić information content (AvgIpc) is 2.89. The van der Waals surface area contributed by atoms with E-state index in [0.717, 1.165) is 11.1 Å². The molecule has 0 aliphatic carbocycles. The minimum absolute atomic E-state index is 0.275. The van der Waals surface area contributed by atoms with Gasteiger partial charge in [0.1, 0.15) is 0 Å².